The molecule has 2 aliphatic rings. The number of carbonyl (C=O) groups is 1. The zero-order valence-electron chi connectivity index (χ0n) is 8.54. The van der Waals surface area contributed by atoms with E-state index in [-0.39, 0.29) is 0 Å². The first-order chi connectivity index (χ1) is 6.86. The van der Waals surface area contributed by atoms with Crippen molar-refractivity contribution in [3.05, 3.63) is 23.8 Å². The second kappa shape index (κ2) is 4.45. The highest BCUT2D eigenvalue weighted by Gasteiger charge is 2.18. The summed E-state index contributed by atoms with van der Waals surface area (Å²) in [6, 6.07) is 0. The number of likely N-dealkylation sites (tertiary alicyclic amines) is 1. The quantitative estimate of drug-likeness (QED) is 0.655. The Kier molecular flexibility index (Phi) is 3.02. The Bertz CT molecular complexity index is 272. The minimum Gasteiger partial charge on any atom is -0.342 e. The van der Waals surface area contributed by atoms with Crippen molar-refractivity contribution >= 4 is 5.91 Å². The third-order valence-corrected chi connectivity index (χ3v) is 2.94. The Labute approximate surface area is 85.3 Å². The molecule has 0 unspecified atom stereocenters. The number of nitrogens with zero attached hydrogens (tertiary/aromatic N) is 1. The molecule has 1 fully saturated rings. The largest absolute Gasteiger partial charge is 0.342 e. The van der Waals surface area contributed by atoms with Gasteiger partial charge in [0.1, 0.15) is 0 Å². The molecule has 0 saturated carbocycles. The molecule has 2 heteroatoms. The van der Waals surface area contributed by atoms with E-state index in [2.05, 4.69) is 18.2 Å². The minimum absolute atomic E-state index is 0.323. The van der Waals surface area contributed by atoms with Gasteiger partial charge in [0.25, 0.3) is 0 Å². The van der Waals surface area contributed by atoms with Crippen molar-refractivity contribution in [2.24, 2.45) is 0 Å². The van der Waals surface area contributed by atoms with Crippen LogP contribution in [0, 0.1) is 0 Å². The van der Waals surface area contributed by atoms with E-state index in [9.17, 15) is 4.79 Å². The van der Waals surface area contributed by atoms with Crippen LogP contribution < -0.4 is 0 Å². The molecule has 0 bridgehead atoms. The molecule has 0 aromatic heterocycles. The predicted octanol–water partition coefficient (Wildman–Crippen LogP) is 2.28. The number of allylic oxidation sites excluding steroid dienone is 3. The highest BCUT2D eigenvalue weighted by molar-refractivity contribution is 5.79. The standard InChI is InChI=1S/C12H17NO/c14-12(13-8-4-5-9-13)10-11-6-2-1-3-7-11/h1-2,6H,3-5,7-10H2. The van der Waals surface area contributed by atoms with Crippen molar-refractivity contribution in [1.82, 2.24) is 4.90 Å². The highest BCUT2D eigenvalue weighted by atomic mass is 16.2. The van der Waals surface area contributed by atoms with Gasteiger partial charge in [-0.05, 0) is 25.7 Å². The second-order valence-corrected chi connectivity index (χ2v) is 4.06. The molecule has 0 aromatic rings. The van der Waals surface area contributed by atoms with Gasteiger partial charge >= 0.3 is 0 Å². The smallest absolute Gasteiger partial charge is 0.226 e. The Morgan fingerprint density at radius 3 is 2.79 bits per heavy atom. The molecule has 1 aliphatic heterocycles. The van der Waals surface area contributed by atoms with E-state index in [0.29, 0.717) is 12.3 Å². The zero-order chi connectivity index (χ0) is 9.80. The van der Waals surface area contributed by atoms with E-state index in [4.69, 9.17) is 0 Å². The summed E-state index contributed by atoms with van der Waals surface area (Å²) in [7, 11) is 0. The van der Waals surface area contributed by atoms with Crippen molar-refractivity contribution in [3.63, 3.8) is 0 Å². The SMILES string of the molecule is O=C(CC1=CC=CCC1)N1CCCC1. The van der Waals surface area contributed by atoms with E-state index in [0.717, 1.165) is 25.9 Å². The molecule has 0 spiro atoms. The van der Waals surface area contributed by atoms with Gasteiger partial charge in [-0.15, -0.1) is 0 Å². The monoisotopic (exact) mass is 191 g/mol. The molecule has 1 saturated heterocycles. The van der Waals surface area contributed by atoms with Crippen LogP contribution in [-0.4, -0.2) is 23.9 Å². The van der Waals surface area contributed by atoms with Crippen LogP contribution in [0.1, 0.15) is 32.1 Å². The van der Waals surface area contributed by atoms with Crippen molar-refractivity contribution in [2.45, 2.75) is 32.1 Å². The van der Waals surface area contributed by atoms with Crippen molar-refractivity contribution < 1.29 is 4.79 Å². The molecule has 1 heterocycles. The number of hydrogen-bond acceptors (Lipinski definition) is 1. The van der Waals surface area contributed by atoms with E-state index in [1.54, 1.807) is 0 Å². The maximum Gasteiger partial charge on any atom is 0.226 e. The summed E-state index contributed by atoms with van der Waals surface area (Å²) in [4.78, 5) is 13.8. The van der Waals surface area contributed by atoms with Crippen LogP contribution in [0.25, 0.3) is 0 Å². The summed E-state index contributed by atoms with van der Waals surface area (Å²) in [6.07, 6.45) is 11.5. The van der Waals surface area contributed by atoms with Gasteiger partial charge in [0, 0.05) is 19.5 Å². The number of hydrogen-bond donors (Lipinski definition) is 0. The minimum atomic E-state index is 0.323. The van der Waals surface area contributed by atoms with Gasteiger partial charge < -0.3 is 4.90 Å². The lowest BCUT2D eigenvalue weighted by Gasteiger charge is -2.16. The summed E-state index contributed by atoms with van der Waals surface area (Å²) >= 11 is 0. The van der Waals surface area contributed by atoms with Crippen LogP contribution in [0.3, 0.4) is 0 Å². The number of amides is 1. The molecule has 0 aromatic carbocycles. The molecule has 0 atom stereocenters. The lowest BCUT2D eigenvalue weighted by atomic mass is 10.0. The van der Waals surface area contributed by atoms with Gasteiger partial charge in [-0.25, -0.2) is 0 Å². The Balaban J connectivity index is 1.87. The van der Waals surface area contributed by atoms with Crippen LogP contribution in [0.2, 0.25) is 0 Å². The van der Waals surface area contributed by atoms with Gasteiger partial charge in [-0.3, -0.25) is 4.79 Å². The number of rotatable bonds is 2. The first-order valence-electron chi connectivity index (χ1n) is 5.48. The summed E-state index contributed by atoms with van der Waals surface area (Å²) in [6.45, 7) is 1.95. The fourth-order valence-corrected chi connectivity index (χ4v) is 2.07. The van der Waals surface area contributed by atoms with Crippen molar-refractivity contribution in [2.75, 3.05) is 13.1 Å². The van der Waals surface area contributed by atoms with Crippen LogP contribution in [0.5, 0.6) is 0 Å². The average molecular weight is 191 g/mol. The first-order valence-corrected chi connectivity index (χ1v) is 5.48. The van der Waals surface area contributed by atoms with Crippen LogP contribution in [0.4, 0.5) is 0 Å². The number of carbonyl (C=O) groups excluding carboxylic acids is 1. The van der Waals surface area contributed by atoms with Gasteiger partial charge in [0.2, 0.25) is 5.91 Å². The topological polar surface area (TPSA) is 20.3 Å². The second-order valence-electron chi connectivity index (χ2n) is 4.06. The fourth-order valence-electron chi connectivity index (χ4n) is 2.07. The average Bonchev–Trinajstić information content (AvgIpc) is 2.72. The van der Waals surface area contributed by atoms with E-state index < -0.39 is 0 Å². The van der Waals surface area contributed by atoms with Crippen molar-refractivity contribution in [3.8, 4) is 0 Å². The van der Waals surface area contributed by atoms with Crippen LogP contribution in [-0.2, 0) is 4.79 Å². The zero-order valence-corrected chi connectivity index (χ0v) is 8.54. The summed E-state index contributed by atoms with van der Waals surface area (Å²) < 4.78 is 0. The molecule has 1 aliphatic carbocycles. The Hall–Kier alpha value is -1.05. The van der Waals surface area contributed by atoms with Gasteiger partial charge in [-0.1, -0.05) is 23.8 Å². The van der Waals surface area contributed by atoms with E-state index in [1.807, 2.05) is 4.90 Å². The maximum absolute atomic E-state index is 11.8. The highest BCUT2D eigenvalue weighted by Crippen LogP contribution is 2.18. The third kappa shape index (κ3) is 2.25. The van der Waals surface area contributed by atoms with Crippen molar-refractivity contribution in [1.29, 1.82) is 0 Å². The van der Waals surface area contributed by atoms with E-state index >= 15 is 0 Å². The molecule has 0 N–H and O–H groups in total. The van der Waals surface area contributed by atoms with Gasteiger partial charge in [0.15, 0.2) is 0 Å². The lowest BCUT2D eigenvalue weighted by molar-refractivity contribution is -0.129. The first kappa shape index (κ1) is 9.50. The molecule has 14 heavy (non-hydrogen) atoms. The molecule has 2 rings (SSSR count). The normalized spacial score (nSPS) is 21.1. The molecule has 2 nitrogen and oxygen atoms in total. The molecular formula is C12H17NO. The van der Waals surface area contributed by atoms with E-state index in [1.165, 1.54) is 18.4 Å². The predicted molar refractivity (Wildman–Crippen MR) is 56.9 cm³/mol. The fraction of sp³-hybridized carbons (Fsp3) is 0.583. The third-order valence-electron chi connectivity index (χ3n) is 2.94. The van der Waals surface area contributed by atoms with Crippen LogP contribution in [0.15, 0.2) is 23.8 Å². The summed E-state index contributed by atoms with van der Waals surface area (Å²) in [5.41, 5.74) is 1.30. The summed E-state index contributed by atoms with van der Waals surface area (Å²) in [5.74, 6) is 0.323. The molecule has 76 valence electrons. The van der Waals surface area contributed by atoms with Gasteiger partial charge in [-0.2, -0.15) is 0 Å². The molecular weight excluding hydrogens is 174 g/mol. The molecule has 1 amide bonds. The Morgan fingerprint density at radius 2 is 2.14 bits per heavy atom. The Morgan fingerprint density at radius 1 is 1.36 bits per heavy atom. The molecule has 0 radical (unpaired) electrons. The maximum atomic E-state index is 11.8. The van der Waals surface area contributed by atoms with Crippen LogP contribution >= 0.6 is 0 Å². The van der Waals surface area contributed by atoms with Gasteiger partial charge in [0.05, 0.1) is 0 Å². The summed E-state index contributed by atoms with van der Waals surface area (Å²) in [5, 5.41) is 0. The lowest BCUT2D eigenvalue weighted by Crippen LogP contribution is -2.27.